The highest BCUT2D eigenvalue weighted by molar-refractivity contribution is 8.00. The van der Waals surface area contributed by atoms with Gasteiger partial charge in [-0.25, -0.2) is 4.39 Å². The molecule has 0 spiro atoms. The van der Waals surface area contributed by atoms with Gasteiger partial charge in [0.2, 0.25) is 0 Å². The number of nitrogens with one attached hydrogen (secondary N) is 1. The molecular weight excluding hydrogens is 323 g/mol. The highest BCUT2D eigenvalue weighted by atomic mass is 32.2. The molecule has 1 atom stereocenters. The Hall–Kier alpha value is -1.27. The van der Waals surface area contributed by atoms with Crippen molar-refractivity contribution in [1.29, 1.82) is 0 Å². The molecule has 1 unspecified atom stereocenters. The summed E-state index contributed by atoms with van der Waals surface area (Å²) in [6.07, 6.45) is 0. The fourth-order valence-electron chi connectivity index (χ4n) is 3.03. The van der Waals surface area contributed by atoms with Crippen molar-refractivity contribution in [1.82, 2.24) is 15.1 Å². The fraction of sp³-hybridized carbons (Fsp3) is 0.611. The van der Waals surface area contributed by atoms with Crippen LogP contribution in [0.1, 0.15) is 25.5 Å². The number of hydrogen-bond donors (Lipinski definition) is 1. The van der Waals surface area contributed by atoms with Crippen LogP contribution in [0.25, 0.3) is 0 Å². The number of likely N-dealkylation sites (N-methyl/N-ethyl adjacent to an activating group) is 1. The van der Waals surface area contributed by atoms with Crippen LogP contribution in [0.4, 0.5) is 4.39 Å². The van der Waals surface area contributed by atoms with Crippen LogP contribution in [0.3, 0.4) is 0 Å². The third-order valence-electron chi connectivity index (χ3n) is 4.25. The van der Waals surface area contributed by atoms with Crippen LogP contribution in [0.2, 0.25) is 0 Å². The van der Waals surface area contributed by atoms with E-state index in [1.807, 2.05) is 39.0 Å². The maximum atomic E-state index is 13.6. The summed E-state index contributed by atoms with van der Waals surface area (Å²) in [6, 6.07) is 6.91. The Morgan fingerprint density at radius 1 is 1.46 bits per heavy atom. The fourth-order valence-corrected chi connectivity index (χ4v) is 4.14. The van der Waals surface area contributed by atoms with Gasteiger partial charge in [0.15, 0.2) is 5.96 Å². The van der Waals surface area contributed by atoms with Gasteiger partial charge < -0.3 is 15.1 Å². The maximum absolute atomic E-state index is 13.6. The normalized spacial score (nSPS) is 19.5. The van der Waals surface area contributed by atoms with Crippen molar-refractivity contribution in [3.63, 3.8) is 0 Å². The first-order valence-corrected chi connectivity index (χ1v) is 9.32. The second-order valence-electron chi connectivity index (χ2n) is 6.99. The predicted octanol–water partition coefficient (Wildman–Crippen LogP) is 2.83. The number of halogens is 1. The van der Waals surface area contributed by atoms with E-state index < -0.39 is 0 Å². The molecule has 1 fully saturated rings. The number of aliphatic imine (C=N–C) groups is 1. The first-order valence-electron chi connectivity index (χ1n) is 8.34. The van der Waals surface area contributed by atoms with E-state index in [1.54, 1.807) is 12.1 Å². The summed E-state index contributed by atoms with van der Waals surface area (Å²) in [5, 5.41) is 3.48. The van der Waals surface area contributed by atoms with Gasteiger partial charge in [0.1, 0.15) is 5.82 Å². The molecule has 134 valence electrons. The van der Waals surface area contributed by atoms with E-state index in [-0.39, 0.29) is 16.6 Å². The van der Waals surface area contributed by atoms with Gasteiger partial charge in [0.05, 0.1) is 6.04 Å². The van der Waals surface area contributed by atoms with Gasteiger partial charge in [0.25, 0.3) is 0 Å². The highest BCUT2D eigenvalue weighted by Gasteiger charge is 2.29. The summed E-state index contributed by atoms with van der Waals surface area (Å²) < 4.78 is 13.8. The molecule has 1 heterocycles. The lowest BCUT2D eigenvalue weighted by atomic mass is 10.1. The summed E-state index contributed by atoms with van der Waals surface area (Å²) in [5.41, 5.74) is 0.970. The van der Waals surface area contributed by atoms with E-state index >= 15 is 0 Å². The van der Waals surface area contributed by atoms with Crippen LogP contribution in [0, 0.1) is 5.82 Å². The number of rotatable bonds is 4. The van der Waals surface area contributed by atoms with Crippen LogP contribution < -0.4 is 5.32 Å². The smallest absolute Gasteiger partial charge is 0.193 e. The average molecular weight is 353 g/mol. The van der Waals surface area contributed by atoms with E-state index in [2.05, 4.69) is 34.0 Å². The summed E-state index contributed by atoms with van der Waals surface area (Å²) in [7, 11) is 5.85. The molecular formula is C18H29FN4S. The lowest BCUT2D eigenvalue weighted by Crippen LogP contribution is -2.52. The van der Waals surface area contributed by atoms with Crippen molar-refractivity contribution in [3.05, 3.63) is 35.6 Å². The molecule has 24 heavy (non-hydrogen) atoms. The quantitative estimate of drug-likeness (QED) is 0.667. The van der Waals surface area contributed by atoms with E-state index in [1.165, 1.54) is 6.07 Å². The van der Waals surface area contributed by atoms with Gasteiger partial charge in [-0.05, 0) is 45.6 Å². The summed E-state index contributed by atoms with van der Waals surface area (Å²) in [6.45, 7) is 7.20. The molecule has 6 heteroatoms. The molecule has 0 amide bonds. The minimum Gasteiger partial charge on any atom is -0.354 e. The molecule has 1 aliphatic heterocycles. The third-order valence-corrected chi connectivity index (χ3v) is 5.54. The zero-order valence-corrected chi connectivity index (χ0v) is 16.2. The molecule has 0 aliphatic carbocycles. The predicted molar refractivity (Wildman–Crippen MR) is 102 cm³/mol. The van der Waals surface area contributed by atoms with Crippen LogP contribution >= 0.6 is 11.8 Å². The van der Waals surface area contributed by atoms with Crippen LogP contribution in [-0.2, 0) is 0 Å². The zero-order valence-electron chi connectivity index (χ0n) is 15.3. The summed E-state index contributed by atoms with van der Waals surface area (Å²) in [4.78, 5) is 8.87. The second-order valence-corrected chi connectivity index (χ2v) is 8.79. The standard InChI is InChI=1S/C18H29FN4S/c1-18(2)13-23(9-10-24-18)17(20-3)21-12-16(22(4)5)14-7-6-8-15(19)11-14/h6-8,11,16H,9-10,12-13H2,1-5H3,(H,20,21). The number of thioether (sulfide) groups is 1. The SMILES string of the molecule is CN=C(NCC(c1cccc(F)c1)N(C)C)N1CCSC(C)(C)C1. The van der Waals surface area contributed by atoms with Crippen molar-refractivity contribution in [2.75, 3.05) is 46.5 Å². The molecule has 1 aromatic rings. The summed E-state index contributed by atoms with van der Waals surface area (Å²) >= 11 is 2.01. The Morgan fingerprint density at radius 2 is 2.21 bits per heavy atom. The molecule has 1 aromatic carbocycles. The minimum atomic E-state index is -0.196. The van der Waals surface area contributed by atoms with Gasteiger partial charge >= 0.3 is 0 Å². The van der Waals surface area contributed by atoms with Crippen LogP contribution in [0.5, 0.6) is 0 Å². The molecule has 0 radical (unpaired) electrons. The Morgan fingerprint density at radius 3 is 2.79 bits per heavy atom. The zero-order chi connectivity index (χ0) is 17.7. The second kappa shape index (κ2) is 8.21. The molecule has 0 bridgehead atoms. The van der Waals surface area contributed by atoms with E-state index in [9.17, 15) is 4.39 Å². The first-order chi connectivity index (χ1) is 11.3. The van der Waals surface area contributed by atoms with Crippen LogP contribution in [-0.4, -0.2) is 67.0 Å². The monoisotopic (exact) mass is 352 g/mol. The molecule has 1 N–H and O–H groups in total. The molecule has 2 rings (SSSR count). The average Bonchev–Trinajstić information content (AvgIpc) is 2.50. The van der Waals surface area contributed by atoms with Gasteiger partial charge in [-0.2, -0.15) is 11.8 Å². The molecule has 1 aliphatic rings. The molecule has 0 aromatic heterocycles. The van der Waals surface area contributed by atoms with E-state index in [4.69, 9.17) is 0 Å². The van der Waals surface area contributed by atoms with Crippen molar-refractivity contribution in [3.8, 4) is 0 Å². The Balaban J connectivity index is 2.05. The van der Waals surface area contributed by atoms with Gasteiger partial charge in [0, 0.05) is 37.2 Å². The van der Waals surface area contributed by atoms with E-state index in [0.717, 1.165) is 30.4 Å². The van der Waals surface area contributed by atoms with Crippen molar-refractivity contribution < 1.29 is 4.39 Å². The number of benzene rings is 1. The number of guanidine groups is 1. The molecule has 4 nitrogen and oxygen atoms in total. The van der Waals surface area contributed by atoms with Gasteiger partial charge in [-0.15, -0.1) is 0 Å². The van der Waals surface area contributed by atoms with Gasteiger partial charge in [-0.3, -0.25) is 4.99 Å². The highest BCUT2D eigenvalue weighted by Crippen LogP contribution is 2.29. The minimum absolute atomic E-state index is 0.0876. The third kappa shape index (κ3) is 5.11. The topological polar surface area (TPSA) is 30.9 Å². The maximum Gasteiger partial charge on any atom is 0.193 e. The Labute approximate surface area is 149 Å². The number of hydrogen-bond acceptors (Lipinski definition) is 3. The van der Waals surface area contributed by atoms with Crippen molar-refractivity contribution in [2.24, 2.45) is 4.99 Å². The lowest BCUT2D eigenvalue weighted by Gasteiger charge is -2.39. The Bertz CT molecular complexity index is 574. The summed E-state index contributed by atoms with van der Waals surface area (Å²) in [5.74, 6) is 1.83. The molecule has 1 saturated heterocycles. The largest absolute Gasteiger partial charge is 0.354 e. The molecule has 0 saturated carbocycles. The van der Waals surface area contributed by atoms with Gasteiger partial charge in [-0.1, -0.05) is 12.1 Å². The van der Waals surface area contributed by atoms with Crippen molar-refractivity contribution >= 4 is 17.7 Å². The lowest BCUT2D eigenvalue weighted by molar-refractivity contribution is 0.292. The number of nitrogens with zero attached hydrogens (tertiary/aromatic N) is 3. The van der Waals surface area contributed by atoms with Crippen molar-refractivity contribution in [2.45, 2.75) is 24.6 Å². The van der Waals surface area contributed by atoms with E-state index in [0.29, 0.717) is 6.54 Å². The first kappa shape index (κ1) is 19.1. The van der Waals surface area contributed by atoms with Crippen LogP contribution in [0.15, 0.2) is 29.3 Å². The Kier molecular flexibility index (Phi) is 6.52.